The topological polar surface area (TPSA) is 138 Å². The Hall–Kier alpha value is -4.65. The molecule has 1 saturated heterocycles. The Morgan fingerprint density at radius 1 is 0.961 bits per heavy atom. The van der Waals surface area contributed by atoms with Crippen LogP contribution in [0.15, 0.2) is 84.4 Å². The molecule has 0 aliphatic carbocycles. The van der Waals surface area contributed by atoms with Crippen molar-refractivity contribution in [3.05, 3.63) is 112 Å². The van der Waals surface area contributed by atoms with E-state index in [1.54, 1.807) is 34.6 Å². The molecule has 270 valence electrons. The SMILES string of the molecule is CC(=O)O[C@@H](CC[C@H]1C(=O)N(c2ccc(CCCNc3nccs3)cc2)[C@@H]1c1ccc(CCC(CO)(CO)OC(C)=O)cc1)c1ccc(F)cc1. The number of thiazole rings is 1. The van der Waals surface area contributed by atoms with Crippen LogP contribution >= 0.6 is 11.3 Å². The lowest BCUT2D eigenvalue weighted by Crippen LogP contribution is -2.55. The second-order valence-corrected chi connectivity index (χ2v) is 13.7. The first-order valence-electron chi connectivity index (χ1n) is 17.1. The number of nitrogens with one attached hydrogen (secondary N) is 1. The smallest absolute Gasteiger partial charge is 0.303 e. The summed E-state index contributed by atoms with van der Waals surface area (Å²) in [6.45, 7) is 2.36. The number of hydrogen-bond donors (Lipinski definition) is 3. The first-order valence-corrected chi connectivity index (χ1v) is 18.0. The number of nitrogens with zero attached hydrogens (tertiary/aromatic N) is 2. The van der Waals surface area contributed by atoms with Crippen LogP contribution in [0.4, 0.5) is 15.2 Å². The molecule has 0 bridgehead atoms. The monoisotopic (exact) mass is 717 g/mol. The molecule has 4 aromatic rings. The van der Waals surface area contributed by atoms with E-state index >= 15 is 0 Å². The minimum atomic E-state index is -1.38. The van der Waals surface area contributed by atoms with Crippen molar-refractivity contribution in [3.8, 4) is 0 Å². The summed E-state index contributed by atoms with van der Waals surface area (Å²) >= 11 is 1.57. The largest absolute Gasteiger partial charge is 0.458 e. The highest BCUT2D eigenvalue weighted by molar-refractivity contribution is 7.13. The predicted molar refractivity (Wildman–Crippen MR) is 193 cm³/mol. The molecule has 1 aliphatic heterocycles. The molecule has 12 heteroatoms. The van der Waals surface area contributed by atoms with Crippen molar-refractivity contribution < 1.29 is 38.5 Å². The number of aromatic nitrogens is 1. The van der Waals surface area contributed by atoms with E-state index < -0.39 is 48.6 Å². The standard InChI is InChI=1S/C39H44FN3O7S/c1-26(46)49-35(30-11-13-32(40)14-12-30)18-17-34-36(31-9-5-29(6-10-31)19-20-39(24-44,25-45)50-27(2)47)43(37(34)48)33-15-7-28(8-16-33)4-3-21-41-38-42-22-23-51-38/h5-16,22-23,34-36,44-45H,3-4,17-21,24-25H2,1-2H3,(H,41,42)/t34-,35+,36-/m1/s1. The molecule has 3 N–H and O–H groups in total. The molecule has 1 aliphatic rings. The Kier molecular flexibility index (Phi) is 12.9. The van der Waals surface area contributed by atoms with Crippen LogP contribution in [0.3, 0.4) is 0 Å². The maximum absolute atomic E-state index is 13.9. The lowest BCUT2D eigenvalue weighted by Gasteiger charge is -2.48. The number of β-lactam (4-membered cyclic amide) rings is 1. The van der Waals surface area contributed by atoms with E-state index in [0.717, 1.165) is 46.9 Å². The van der Waals surface area contributed by atoms with Crippen molar-refractivity contribution in [1.29, 1.82) is 0 Å². The summed E-state index contributed by atoms with van der Waals surface area (Å²) in [6.07, 6.45) is 4.40. The second-order valence-electron chi connectivity index (χ2n) is 12.9. The molecule has 1 amide bonds. The summed E-state index contributed by atoms with van der Waals surface area (Å²) in [5, 5.41) is 25.9. The van der Waals surface area contributed by atoms with Gasteiger partial charge in [-0.25, -0.2) is 9.37 Å². The fraction of sp³-hybridized carbons (Fsp3) is 0.385. The Morgan fingerprint density at radius 3 is 2.24 bits per heavy atom. The van der Waals surface area contributed by atoms with Crippen LogP contribution in [0.5, 0.6) is 0 Å². The number of aliphatic hydroxyl groups excluding tert-OH is 2. The van der Waals surface area contributed by atoms with Gasteiger partial charge in [0.15, 0.2) is 10.7 Å². The van der Waals surface area contributed by atoms with Gasteiger partial charge in [0.05, 0.1) is 25.2 Å². The van der Waals surface area contributed by atoms with Crippen molar-refractivity contribution >= 4 is 40.0 Å². The molecule has 1 fully saturated rings. The number of aliphatic hydroxyl groups is 2. The van der Waals surface area contributed by atoms with Crippen molar-refractivity contribution in [2.45, 2.75) is 70.1 Å². The Balaban J connectivity index is 1.32. The number of esters is 2. The number of amides is 1. The molecule has 0 spiro atoms. The van der Waals surface area contributed by atoms with Gasteiger partial charge in [-0.1, -0.05) is 48.5 Å². The maximum Gasteiger partial charge on any atom is 0.303 e. The van der Waals surface area contributed by atoms with Crippen molar-refractivity contribution in [3.63, 3.8) is 0 Å². The van der Waals surface area contributed by atoms with Crippen LogP contribution in [0.1, 0.15) is 73.9 Å². The number of ether oxygens (including phenoxy) is 2. The highest BCUT2D eigenvalue weighted by Gasteiger charge is 2.48. The first kappa shape index (κ1) is 37.6. The highest BCUT2D eigenvalue weighted by Crippen LogP contribution is 2.46. The average molecular weight is 718 g/mol. The first-order chi connectivity index (χ1) is 24.6. The third-order valence-corrected chi connectivity index (χ3v) is 9.93. The number of anilines is 2. The maximum atomic E-state index is 13.9. The zero-order valence-electron chi connectivity index (χ0n) is 28.8. The van der Waals surface area contributed by atoms with Crippen LogP contribution in [0.25, 0.3) is 0 Å². The van der Waals surface area contributed by atoms with Gasteiger partial charge < -0.3 is 29.9 Å². The quantitative estimate of drug-likeness (QED) is 0.0612. The van der Waals surface area contributed by atoms with E-state index in [-0.39, 0.29) is 18.4 Å². The van der Waals surface area contributed by atoms with E-state index in [4.69, 9.17) is 9.47 Å². The van der Waals surface area contributed by atoms with Gasteiger partial charge in [0.2, 0.25) is 5.91 Å². The number of benzene rings is 3. The Morgan fingerprint density at radius 2 is 1.63 bits per heavy atom. The summed E-state index contributed by atoms with van der Waals surface area (Å²) < 4.78 is 24.5. The number of carbonyl (C=O) groups is 3. The summed E-state index contributed by atoms with van der Waals surface area (Å²) in [4.78, 5) is 43.5. The van der Waals surface area contributed by atoms with Crippen LogP contribution in [0, 0.1) is 11.7 Å². The number of rotatable bonds is 18. The molecule has 3 aromatic carbocycles. The van der Waals surface area contributed by atoms with Crippen LogP contribution in [-0.2, 0) is 36.7 Å². The second kappa shape index (κ2) is 17.5. The summed E-state index contributed by atoms with van der Waals surface area (Å²) in [6, 6.07) is 21.4. The zero-order chi connectivity index (χ0) is 36.4. The van der Waals surface area contributed by atoms with Gasteiger partial charge in [-0.05, 0) is 85.0 Å². The van der Waals surface area contributed by atoms with Gasteiger partial charge in [-0.3, -0.25) is 14.4 Å². The van der Waals surface area contributed by atoms with Crippen molar-refractivity contribution in [1.82, 2.24) is 4.98 Å². The summed E-state index contributed by atoms with van der Waals surface area (Å²) in [5.41, 5.74) is 3.04. The lowest BCUT2D eigenvalue weighted by molar-refractivity contribution is -0.168. The van der Waals surface area contributed by atoms with Crippen LogP contribution in [0.2, 0.25) is 0 Å². The van der Waals surface area contributed by atoms with Gasteiger partial charge in [-0.15, -0.1) is 11.3 Å². The molecular formula is C39H44FN3O7S. The van der Waals surface area contributed by atoms with Crippen molar-refractivity contribution in [2.75, 3.05) is 30.0 Å². The van der Waals surface area contributed by atoms with Crippen LogP contribution < -0.4 is 10.2 Å². The molecule has 1 aromatic heterocycles. The normalized spacial score (nSPS) is 16.3. The molecule has 2 heterocycles. The van der Waals surface area contributed by atoms with E-state index in [0.29, 0.717) is 24.8 Å². The van der Waals surface area contributed by atoms with E-state index in [2.05, 4.69) is 10.3 Å². The van der Waals surface area contributed by atoms with Gasteiger partial charge in [0, 0.05) is 37.7 Å². The third kappa shape index (κ3) is 9.78. The van der Waals surface area contributed by atoms with E-state index in [1.165, 1.54) is 26.0 Å². The number of halogens is 1. The minimum Gasteiger partial charge on any atom is -0.458 e. The van der Waals surface area contributed by atoms with Crippen LogP contribution in [-0.4, -0.2) is 58.4 Å². The number of carbonyl (C=O) groups excluding carboxylic acids is 3. The van der Waals surface area contributed by atoms with Gasteiger partial charge in [0.25, 0.3) is 0 Å². The molecule has 0 radical (unpaired) electrons. The third-order valence-electron chi connectivity index (χ3n) is 9.20. The van der Waals surface area contributed by atoms with E-state index in [1.807, 2.05) is 53.9 Å². The number of aryl methyl sites for hydroxylation is 2. The van der Waals surface area contributed by atoms with Crippen molar-refractivity contribution in [2.24, 2.45) is 5.92 Å². The Labute approximate surface area is 301 Å². The van der Waals surface area contributed by atoms with E-state index in [9.17, 15) is 29.0 Å². The fourth-order valence-electron chi connectivity index (χ4n) is 6.51. The predicted octanol–water partition coefficient (Wildman–Crippen LogP) is 6.33. The molecule has 10 nitrogen and oxygen atoms in total. The molecule has 3 atom stereocenters. The van der Waals surface area contributed by atoms with Gasteiger partial charge >= 0.3 is 11.9 Å². The fourth-order valence-corrected chi connectivity index (χ4v) is 7.06. The molecule has 0 unspecified atom stereocenters. The molecule has 5 rings (SSSR count). The number of hydrogen-bond acceptors (Lipinski definition) is 10. The average Bonchev–Trinajstić information content (AvgIpc) is 3.65. The minimum absolute atomic E-state index is 0.0396. The molecule has 0 saturated carbocycles. The summed E-state index contributed by atoms with van der Waals surface area (Å²) in [5.74, 6) is -1.87. The zero-order valence-corrected chi connectivity index (χ0v) is 29.6. The molecule has 51 heavy (non-hydrogen) atoms. The molecular weight excluding hydrogens is 674 g/mol. The lowest BCUT2D eigenvalue weighted by atomic mass is 9.78. The Bertz CT molecular complexity index is 1730. The highest BCUT2D eigenvalue weighted by atomic mass is 32.1. The van der Waals surface area contributed by atoms with Gasteiger partial charge in [0.1, 0.15) is 11.9 Å². The van der Waals surface area contributed by atoms with Gasteiger partial charge in [-0.2, -0.15) is 0 Å². The summed E-state index contributed by atoms with van der Waals surface area (Å²) in [7, 11) is 0.